The van der Waals surface area contributed by atoms with Gasteiger partial charge in [-0.3, -0.25) is 4.79 Å². The number of nitrogens with two attached hydrogens (primary N) is 1. The summed E-state index contributed by atoms with van der Waals surface area (Å²) in [5.74, 6) is 0.623. The van der Waals surface area contributed by atoms with Crippen molar-refractivity contribution in [3.05, 3.63) is 53.0 Å². The minimum absolute atomic E-state index is 0.00893. The molecule has 0 unspecified atom stereocenters. The van der Waals surface area contributed by atoms with Crippen LogP contribution in [-0.4, -0.2) is 29.1 Å². The van der Waals surface area contributed by atoms with E-state index < -0.39 is 0 Å². The van der Waals surface area contributed by atoms with Crippen molar-refractivity contribution < 1.29 is 9.32 Å². The molecule has 1 aromatic heterocycles. The highest BCUT2D eigenvalue weighted by atomic mass is 16.5. The first-order valence-electron chi connectivity index (χ1n) is 7.16. The van der Waals surface area contributed by atoms with Crippen LogP contribution < -0.4 is 5.73 Å². The number of likely N-dealkylation sites (tertiary alicyclic amines) is 1. The average Bonchev–Trinajstić information content (AvgIpc) is 3.01. The molecule has 1 aromatic carbocycles. The molecule has 0 radical (unpaired) electrons. The maximum Gasteiger partial charge on any atom is 0.253 e. The summed E-state index contributed by atoms with van der Waals surface area (Å²) in [5, 5.41) is 3.95. The molecule has 0 bridgehead atoms. The summed E-state index contributed by atoms with van der Waals surface area (Å²) in [6.07, 6.45) is 1.69. The predicted molar refractivity (Wildman–Crippen MR) is 81.5 cm³/mol. The molecule has 3 rings (SSSR count). The number of amides is 1. The number of benzene rings is 1. The number of piperidine rings is 1. The van der Waals surface area contributed by atoms with Crippen LogP contribution in [0.3, 0.4) is 0 Å². The van der Waals surface area contributed by atoms with E-state index in [0.29, 0.717) is 30.2 Å². The van der Waals surface area contributed by atoms with E-state index in [9.17, 15) is 4.79 Å². The molecule has 1 amide bonds. The molecule has 0 saturated carbocycles. The van der Waals surface area contributed by atoms with Crippen LogP contribution in [0.1, 0.15) is 34.8 Å². The van der Waals surface area contributed by atoms with Gasteiger partial charge in [0, 0.05) is 30.6 Å². The van der Waals surface area contributed by atoms with Crippen molar-refractivity contribution in [2.24, 2.45) is 0 Å². The Hall–Kier alpha value is -2.81. The molecule has 0 atom stereocenters. The first-order valence-corrected chi connectivity index (χ1v) is 7.16. The number of nitrogens with zero attached hydrogens (tertiary/aromatic N) is 3. The van der Waals surface area contributed by atoms with Gasteiger partial charge >= 0.3 is 0 Å². The fraction of sp³-hybridized carbons (Fsp3) is 0.312. The molecule has 1 aliphatic rings. The maximum atomic E-state index is 12.4. The van der Waals surface area contributed by atoms with Crippen molar-refractivity contribution in [3.8, 4) is 0 Å². The van der Waals surface area contributed by atoms with Crippen molar-refractivity contribution in [2.45, 2.75) is 18.8 Å². The van der Waals surface area contributed by atoms with Gasteiger partial charge in [0.25, 0.3) is 5.91 Å². The van der Waals surface area contributed by atoms with Gasteiger partial charge in [-0.1, -0.05) is 29.4 Å². The number of hydrogen-bond acceptors (Lipinski definition) is 4. The van der Waals surface area contributed by atoms with Crippen molar-refractivity contribution >= 4 is 17.5 Å². The van der Waals surface area contributed by atoms with E-state index in [0.717, 1.165) is 18.5 Å². The van der Waals surface area contributed by atoms with E-state index in [-0.39, 0.29) is 11.8 Å². The molecule has 6 heteroatoms. The molecule has 112 valence electrons. The Bertz CT molecular complexity index is 706. The molecule has 0 spiro atoms. The summed E-state index contributed by atoms with van der Waals surface area (Å²) >= 11 is 0. The Morgan fingerprint density at radius 3 is 2.55 bits per heavy atom. The number of aromatic nitrogens is 1. The first-order chi connectivity index (χ1) is 10.7. The smallest absolute Gasteiger partial charge is 0.253 e. The van der Waals surface area contributed by atoms with Crippen molar-refractivity contribution in [1.29, 1.82) is 0 Å². The van der Waals surface area contributed by atoms with Crippen LogP contribution >= 0.6 is 0 Å². The Kier molecular flexibility index (Phi) is 3.79. The Morgan fingerprint density at radius 2 is 2.00 bits per heavy atom. The fourth-order valence-corrected chi connectivity index (χ4v) is 2.74. The lowest BCUT2D eigenvalue weighted by Gasteiger charge is -2.31. The Morgan fingerprint density at radius 1 is 1.32 bits per heavy atom. The van der Waals surface area contributed by atoms with Gasteiger partial charge in [0.15, 0.2) is 5.69 Å². The maximum absolute atomic E-state index is 12.4. The third-order valence-corrected chi connectivity index (χ3v) is 3.99. The molecule has 1 saturated heterocycles. The van der Waals surface area contributed by atoms with Gasteiger partial charge in [-0.2, -0.15) is 0 Å². The fourth-order valence-electron chi connectivity index (χ4n) is 2.74. The van der Waals surface area contributed by atoms with Gasteiger partial charge in [0.2, 0.25) is 5.88 Å². The highest BCUT2D eigenvalue weighted by Crippen LogP contribution is 2.29. The molecule has 22 heavy (non-hydrogen) atoms. The molecule has 2 heterocycles. The van der Waals surface area contributed by atoms with Gasteiger partial charge in [-0.05, 0) is 12.8 Å². The number of rotatable bonds is 2. The normalized spacial score (nSPS) is 15.5. The quantitative estimate of drug-likeness (QED) is 0.864. The van der Waals surface area contributed by atoms with Crippen LogP contribution in [0.5, 0.6) is 0 Å². The molecule has 0 aliphatic carbocycles. The summed E-state index contributed by atoms with van der Waals surface area (Å²) in [5.41, 5.74) is 7.57. The lowest BCUT2D eigenvalue weighted by atomic mass is 9.93. The molecule has 1 aliphatic heterocycles. The van der Waals surface area contributed by atoms with Crippen LogP contribution in [0.2, 0.25) is 0 Å². The molecule has 6 nitrogen and oxygen atoms in total. The zero-order valence-corrected chi connectivity index (χ0v) is 12.0. The summed E-state index contributed by atoms with van der Waals surface area (Å²) < 4.78 is 4.91. The minimum atomic E-state index is 0.00893. The highest BCUT2D eigenvalue weighted by Gasteiger charge is 2.26. The summed E-state index contributed by atoms with van der Waals surface area (Å²) in [7, 11) is 0. The molecule has 2 aromatic rings. The zero-order valence-electron chi connectivity index (χ0n) is 12.0. The predicted octanol–water partition coefficient (Wildman–Crippen LogP) is 2.83. The summed E-state index contributed by atoms with van der Waals surface area (Å²) in [4.78, 5) is 17.6. The van der Waals surface area contributed by atoms with Gasteiger partial charge in [-0.25, -0.2) is 4.85 Å². The standard InChI is InChI=1S/C16H16N4O2/c1-18-13-4-2-12(3-5-13)16(21)20-8-6-11(7-9-20)14-10-15(17)22-19-14/h2-5,10-11H,6-9,17H2. The van der Waals surface area contributed by atoms with Crippen LogP contribution in [0.25, 0.3) is 4.85 Å². The van der Waals surface area contributed by atoms with Crippen molar-refractivity contribution in [3.63, 3.8) is 0 Å². The third-order valence-electron chi connectivity index (χ3n) is 3.99. The van der Waals surface area contributed by atoms with Crippen molar-refractivity contribution in [2.75, 3.05) is 18.8 Å². The van der Waals surface area contributed by atoms with Crippen molar-refractivity contribution in [1.82, 2.24) is 10.1 Å². The molecule has 1 fully saturated rings. The van der Waals surface area contributed by atoms with Crippen LogP contribution in [0.15, 0.2) is 34.9 Å². The lowest BCUT2D eigenvalue weighted by molar-refractivity contribution is 0.0711. The zero-order chi connectivity index (χ0) is 15.5. The monoisotopic (exact) mass is 296 g/mol. The van der Waals surface area contributed by atoms with E-state index >= 15 is 0 Å². The van der Waals surface area contributed by atoms with Gasteiger partial charge in [-0.15, -0.1) is 0 Å². The van der Waals surface area contributed by atoms with E-state index in [1.54, 1.807) is 30.3 Å². The first kappa shape index (κ1) is 14.1. The van der Waals surface area contributed by atoms with Gasteiger partial charge < -0.3 is 15.2 Å². The number of anilines is 1. The largest absolute Gasteiger partial charge is 0.368 e. The molecular weight excluding hydrogens is 280 g/mol. The lowest BCUT2D eigenvalue weighted by Crippen LogP contribution is -2.37. The number of carbonyl (C=O) groups excluding carboxylic acids is 1. The summed E-state index contributed by atoms with van der Waals surface area (Å²) in [6.45, 7) is 8.29. The highest BCUT2D eigenvalue weighted by molar-refractivity contribution is 5.94. The van der Waals surface area contributed by atoms with Crippen LogP contribution in [0, 0.1) is 6.57 Å². The Labute approximate surface area is 128 Å². The van der Waals surface area contributed by atoms with E-state index in [1.807, 2.05) is 4.90 Å². The van der Waals surface area contributed by atoms with Crippen LogP contribution in [0.4, 0.5) is 11.6 Å². The average molecular weight is 296 g/mol. The topological polar surface area (TPSA) is 76.7 Å². The number of hydrogen-bond donors (Lipinski definition) is 1. The molecular formula is C16H16N4O2. The second-order valence-corrected chi connectivity index (χ2v) is 5.38. The van der Waals surface area contributed by atoms with Gasteiger partial charge in [0.1, 0.15) is 0 Å². The van der Waals surface area contributed by atoms with E-state index in [1.165, 1.54) is 0 Å². The Balaban J connectivity index is 1.63. The molecule has 2 N–H and O–H groups in total. The van der Waals surface area contributed by atoms with Gasteiger partial charge in [0.05, 0.1) is 12.3 Å². The third kappa shape index (κ3) is 2.79. The number of nitrogen functional groups attached to an aromatic ring is 1. The number of carbonyl (C=O) groups is 1. The van der Waals surface area contributed by atoms with E-state index in [2.05, 4.69) is 10.0 Å². The second kappa shape index (κ2) is 5.90. The minimum Gasteiger partial charge on any atom is -0.368 e. The summed E-state index contributed by atoms with van der Waals surface area (Å²) in [6, 6.07) is 8.52. The van der Waals surface area contributed by atoms with E-state index in [4.69, 9.17) is 16.8 Å². The SMILES string of the molecule is [C-]#[N+]c1ccc(C(=O)N2CCC(c3cc(N)on3)CC2)cc1. The van der Waals surface area contributed by atoms with Crippen LogP contribution in [-0.2, 0) is 0 Å². The second-order valence-electron chi connectivity index (χ2n) is 5.38.